The molecule has 2 heterocycles. The van der Waals surface area contributed by atoms with E-state index in [0.29, 0.717) is 11.4 Å². The summed E-state index contributed by atoms with van der Waals surface area (Å²) in [6.45, 7) is 0. The molecule has 9 nitrogen and oxygen atoms in total. The second-order valence-electron chi connectivity index (χ2n) is 6.06. The first-order valence-electron chi connectivity index (χ1n) is 8.42. The maximum absolute atomic E-state index is 12.2. The molecule has 0 saturated heterocycles. The van der Waals surface area contributed by atoms with Crippen LogP contribution in [0, 0.1) is 10.1 Å². The largest absolute Gasteiger partial charge is 0.313 e. The van der Waals surface area contributed by atoms with Crippen LogP contribution in [0.4, 0.5) is 17.1 Å². The topological polar surface area (TPSA) is 126 Å². The number of aromatic amines is 1. The Kier molecular flexibility index (Phi) is 5.34. The zero-order valence-corrected chi connectivity index (χ0v) is 17.3. The first-order valence-corrected chi connectivity index (χ1v) is 9.59. The third-order valence-corrected chi connectivity index (χ3v) is 4.97. The molecular weight excluding hydrogens is 476 g/mol. The van der Waals surface area contributed by atoms with Crippen molar-refractivity contribution in [2.24, 2.45) is 10.2 Å². The Balaban J connectivity index is 1.87. The van der Waals surface area contributed by atoms with Gasteiger partial charge in [0, 0.05) is 16.1 Å². The van der Waals surface area contributed by atoms with E-state index < -0.39 is 4.92 Å². The number of hydrogen-bond acceptors (Lipinski definition) is 7. The number of rotatable bonds is 4. The van der Waals surface area contributed by atoms with Gasteiger partial charge in [0.15, 0.2) is 5.65 Å². The molecule has 0 aliphatic carbocycles. The van der Waals surface area contributed by atoms with Crippen molar-refractivity contribution in [3.8, 4) is 11.3 Å². The average molecular weight is 486 g/mol. The highest BCUT2D eigenvalue weighted by molar-refractivity contribution is 9.10. The van der Waals surface area contributed by atoms with Crippen LogP contribution in [0.2, 0.25) is 5.02 Å². The number of aromatic nitrogens is 3. The van der Waals surface area contributed by atoms with Gasteiger partial charge in [-0.05, 0) is 30.3 Å². The van der Waals surface area contributed by atoms with Gasteiger partial charge in [0.1, 0.15) is 16.4 Å². The summed E-state index contributed by atoms with van der Waals surface area (Å²) in [4.78, 5) is 33.7. The molecule has 2 aromatic heterocycles. The van der Waals surface area contributed by atoms with E-state index in [1.54, 1.807) is 0 Å². The molecule has 0 radical (unpaired) electrons. The molecule has 0 amide bonds. The molecule has 4 rings (SSSR count). The summed E-state index contributed by atoms with van der Waals surface area (Å²) in [5, 5.41) is 19.6. The maximum atomic E-state index is 12.2. The highest BCUT2D eigenvalue weighted by atomic mass is 79.9. The molecule has 0 atom stereocenters. The maximum Gasteiger partial charge on any atom is 0.290 e. The fourth-order valence-electron chi connectivity index (χ4n) is 2.70. The Morgan fingerprint density at radius 2 is 1.87 bits per heavy atom. The molecule has 0 aliphatic heterocycles. The number of benzene rings is 2. The number of azo groups is 1. The van der Waals surface area contributed by atoms with Crippen LogP contribution in [0.25, 0.3) is 22.3 Å². The van der Waals surface area contributed by atoms with Crippen molar-refractivity contribution in [1.29, 1.82) is 0 Å². The SMILES string of the molecule is O=c1[nH]cnc2nc(-c3ccc(Br)cc3)c(N=Nc3ccc(Cl)c([N+](=O)[O-])c3)cc12. The van der Waals surface area contributed by atoms with Crippen LogP contribution in [0.1, 0.15) is 0 Å². The van der Waals surface area contributed by atoms with Crippen molar-refractivity contribution >= 4 is 55.6 Å². The summed E-state index contributed by atoms with van der Waals surface area (Å²) in [7, 11) is 0. The Morgan fingerprint density at radius 3 is 2.60 bits per heavy atom. The predicted octanol–water partition coefficient (Wildman–Crippen LogP) is 5.72. The van der Waals surface area contributed by atoms with E-state index in [4.69, 9.17) is 11.6 Å². The van der Waals surface area contributed by atoms with Gasteiger partial charge in [-0.25, -0.2) is 9.97 Å². The van der Waals surface area contributed by atoms with Gasteiger partial charge < -0.3 is 4.98 Å². The van der Waals surface area contributed by atoms with Gasteiger partial charge in [-0.15, -0.1) is 5.11 Å². The van der Waals surface area contributed by atoms with E-state index in [-0.39, 0.29) is 33.0 Å². The molecule has 0 unspecified atom stereocenters. The van der Waals surface area contributed by atoms with Crippen LogP contribution in [-0.4, -0.2) is 19.9 Å². The fourth-order valence-corrected chi connectivity index (χ4v) is 3.15. The lowest BCUT2D eigenvalue weighted by Gasteiger charge is -2.06. The first-order chi connectivity index (χ1) is 14.4. The summed E-state index contributed by atoms with van der Waals surface area (Å²) in [5.41, 5.74) is 1.34. The zero-order chi connectivity index (χ0) is 21.3. The van der Waals surface area contributed by atoms with E-state index >= 15 is 0 Å². The number of fused-ring (bicyclic) bond motifs is 1. The van der Waals surface area contributed by atoms with Crippen molar-refractivity contribution in [3.63, 3.8) is 0 Å². The van der Waals surface area contributed by atoms with E-state index in [1.807, 2.05) is 24.3 Å². The quantitative estimate of drug-likeness (QED) is 0.224. The third-order valence-electron chi connectivity index (χ3n) is 4.13. The number of halogens is 2. The number of H-pyrrole nitrogens is 1. The summed E-state index contributed by atoms with van der Waals surface area (Å²) in [6, 6.07) is 13.0. The van der Waals surface area contributed by atoms with Gasteiger partial charge in [-0.2, -0.15) is 5.11 Å². The van der Waals surface area contributed by atoms with E-state index in [2.05, 4.69) is 41.1 Å². The number of nitro groups is 1. The normalized spacial score (nSPS) is 11.3. The third kappa shape index (κ3) is 3.95. The monoisotopic (exact) mass is 484 g/mol. The second kappa shape index (κ2) is 8.09. The van der Waals surface area contributed by atoms with Crippen LogP contribution >= 0.6 is 27.5 Å². The van der Waals surface area contributed by atoms with Gasteiger partial charge in [0.25, 0.3) is 11.2 Å². The van der Waals surface area contributed by atoms with Gasteiger partial charge in [0.05, 0.1) is 22.3 Å². The van der Waals surface area contributed by atoms with E-state index in [9.17, 15) is 14.9 Å². The van der Waals surface area contributed by atoms with Crippen molar-refractivity contribution in [2.45, 2.75) is 0 Å². The molecule has 0 fully saturated rings. The van der Waals surface area contributed by atoms with Crippen LogP contribution in [-0.2, 0) is 0 Å². The molecule has 2 aromatic carbocycles. The van der Waals surface area contributed by atoms with Gasteiger partial charge in [0.2, 0.25) is 0 Å². The fraction of sp³-hybridized carbons (Fsp3) is 0. The Morgan fingerprint density at radius 1 is 1.10 bits per heavy atom. The first kappa shape index (κ1) is 19.8. The van der Waals surface area contributed by atoms with Crippen LogP contribution in [0.15, 0.2) is 74.4 Å². The van der Waals surface area contributed by atoms with Crippen LogP contribution < -0.4 is 5.56 Å². The van der Waals surface area contributed by atoms with Crippen molar-refractivity contribution < 1.29 is 4.92 Å². The molecule has 1 N–H and O–H groups in total. The summed E-state index contributed by atoms with van der Waals surface area (Å²) in [6.07, 6.45) is 1.27. The van der Waals surface area contributed by atoms with Gasteiger partial charge in [-0.1, -0.05) is 39.7 Å². The molecular formula is C19H10BrClN6O3. The van der Waals surface area contributed by atoms with Gasteiger partial charge >= 0.3 is 0 Å². The number of hydrogen-bond donors (Lipinski definition) is 1. The predicted molar refractivity (Wildman–Crippen MR) is 116 cm³/mol. The lowest BCUT2D eigenvalue weighted by molar-refractivity contribution is -0.384. The summed E-state index contributed by atoms with van der Waals surface area (Å²) >= 11 is 9.22. The number of nitro benzene ring substituents is 1. The average Bonchev–Trinajstić information content (AvgIpc) is 2.73. The van der Waals surface area contributed by atoms with Crippen LogP contribution in [0.3, 0.4) is 0 Å². The number of pyridine rings is 1. The second-order valence-corrected chi connectivity index (χ2v) is 7.38. The number of nitrogens with zero attached hydrogens (tertiary/aromatic N) is 5. The minimum absolute atomic E-state index is 0.000480. The van der Waals surface area contributed by atoms with E-state index in [1.165, 1.54) is 30.6 Å². The minimum atomic E-state index is -0.600. The molecule has 4 aromatic rings. The van der Waals surface area contributed by atoms with Crippen molar-refractivity contribution in [2.75, 3.05) is 0 Å². The van der Waals surface area contributed by atoms with Crippen LogP contribution in [0.5, 0.6) is 0 Å². The smallest absolute Gasteiger partial charge is 0.290 e. The van der Waals surface area contributed by atoms with E-state index in [0.717, 1.165) is 10.0 Å². The highest BCUT2D eigenvalue weighted by Crippen LogP contribution is 2.34. The Labute approximate surface area is 181 Å². The molecule has 0 bridgehead atoms. The Bertz CT molecular complexity index is 1370. The summed E-state index contributed by atoms with van der Waals surface area (Å²) in [5.74, 6) is 0. The molecule has 0 saturated carbocycles. The lowest BCUT2D eigenvalue weighted by Crippen LogP contribution is -2.07. The zero-order valence-electron chi connectivity index (χ0n) is 14.9. The lowest BCUT2D eigenvalue weighted by atomic mass is 10.1. The molecule has 11 heteroatoms. The molecule has 148 valence electrons. The van der Waals surface area contributed by atoms with Crippen molar-refractivity contribution in [3.05, 3.63) is 84.8 Å². The standard InChI is InChI=1S/C19H10BrClN6O3/c20-11-3-1-10(2-4-11)17-15(8-13-18(24-17)22-9-23-19(13)28)26-25-12-5-6-14(21)16(7-12)27(29)30/h1-9H,(H,22,23,24,28). The Hall–Kier alpha value is -3.50. The van der Waals surface area contributed by atoms with Crippen molar-refractivity contribution in [1.82, 2.24) is 15.0 Å². The highest BCUT2D eigenvalue weighted by Gasteiger charge is 2.14. The molecule has 0 aliphatic rings. The minimum Gasteiger partial charge on any atom is -0.313 e. The van der Waals surface area contributed by atoms with Gasteiger partial charge in [-0.3, -0.25) is 14.9 Å². The summed E-state index contributed by atoms with van der Waals surface area (Å²) < 4.78 is 0.887. The number of nitrogens with one attached hydrogen (secondary N) is 1. The molecule has 30 heavy (non-hydrogen) atoms. The molecule has 0 spiro atoms.